The van der Waals surface area contributed by atoms with Crippen LogP contribution in [0.4, 0.5) is 5.69 Å². The van der Waals surface area contributed by atoms with E-state index < -0.39 is 10.7 Å². The summed E-state index contributed by atoms with van der Waals surface area (Å²) in [6, 6.07) is 3.87. The van der Waals surface area contributed by atoms with Crippen LogP contribution in [-0.4, -0.2) is 32.9 Å². The van der Waals surface area contributed by atoms with Gasteiger partial charge in [0.25, 0.3) is 5.69 Å². The van der Waals surface area contributed by atoms with E-state index in [-0.39, 0.29) is 29.3 Å². The van der Waals surface area contributed by atoms with Crippen LogP contribution in [0, 0.1) is 10.1 Å². The number of carbonyl (C=O) groups excluding carboxylic acids is 1. The Kier molecular flexibility index (Phi) is 4.26. The molecule has 0 fully saturated rings. The number of carbonyl (C=O) groups is 1. The minimum Gasteiger partial charge on any atom is -0.407 e. The quantitative estimate of drug-likeness (QED) is 0.620. The summed E-state index contributed by atoms with van der Waals surface area (Å²) in [5, 5.41) is 10.8. The van der Waals surface area contributed by atoms with Gasteiger partial charge in [-0.1, -0.05) is 6.92 Å². The van der Waals surface area contributed by atoms with Crippen molar-refractivity contribution in [1.82, 2.24) is 9.47 Å². The van der Waals surface area contributed by atoms with E-state index in [0.29, 0.717) is 5.52 Å². The second-order valence-electron chi connectivity index (χ2n) is 5.98. The largest absolute Gasteiger partial charge is 0.420 e. The van der Waals surface area contributed by atoms with Crippen molar-refractivity contribution in [1.29, 1.82) is 0 Å². The van der Waals surface area contributed by atoms with E-state index in [0.717, 1.165) is 6.42 Å². The van der Waals surface area contributed by atoms with Gasteiger partial charge in [-0.25, -0.2) is 4.79 Å². The highest BCUT2D eigenvalue weighted by atomic mass is 16.6. The summed E-state index contributed by atoms with van der Waals surface area (Å²) in [6.45, 7) is 5.67. The molecule has 2 rings (SSSR count). The fraction of sp³-hybridized carbons (Fsp3) is 0.467. The Hall–Kier alpha value is -2.64. The smallest absolute Gasteiger partial charge is 0.407 e. The van der Waals surface area contributed by atoms with E-state index in [4.69, 9.17) is 4.42 Å². The number of hydrogen-bond acceptors (Lipinski definition) is 5. The Bertz CT molecular complexity index is 818. The number of hydrogen-bond donors (Lipinski definition) is 0. The van der Waals surface area contributed by atoms with Crippen LogP contribution < -0.4 is 5.76 Å². The second-order valence-corrected chi connectivity index (χ2v) is 5.98. The molecule has 23 heavy (non-hydrogen) atoms. The highest BCUT2D eigenvalue weighted by Crippen LogP contribution is 2.21. The lowest BCUT2D eigenvalue weighted by atomic mass is 10.00. The molecule has 0 aliphatic heterocycles. The fourth-order valence-corrected chi connectivity index (χ4v) is 2.13. The first-order valence-corrected chi connectivity index (χ1v) is 7.22. The molecule has 1 aromatic heterocycles. The van der Waals surface area contributed by atoms with Crippen LogP contribution in [0.2, 0.25) is 0 Å². The maximum absolute atomic E-state index is 12.4. The van der Waals surface area contributed by atoms with Crippen molar-refractivity contribution in [2.24, 2.45) is 0 Å². The predicted molar refractivity (Wildman–Crippen MR) is 84.3 cm³/mol. The van der Waals surface area contributed by atoms with Crippen molar-refractivity contribution >= 4 is 22.7 Å². The number of nitro groups is 1. The minimum absolute atomic E-state index is 0.0920. The predicted octanol–water partition coefficient (Wildman–Crippen LogP) is 2.15. The van der Waals surface area contributed by atoms with Crippen LogP contribution in [0.3, 0.4) is 0 Å². The van der Waals surface area contributed by atoms with Crippen molar-refractivity contribution in [3.05, 3.63) is 38.9 Å². The van der Waals surface area contributed by atoms with Crippen LogP contribution in [0.1, 0.15) is 27.2 Å². The molecule has 8 heteroatoms. The zero-order valence-corrected chi connectivity index (χ0v) is 13.5. The number of nitrogens with zero attached hydrogens (tertiary/aromatic N) is 3. The van der Waals surface area contributed by atoms with Crippen molar-refractivity contribution in [2.75, 3.05) is 7.05 Å². The summed E-state index contributed by atoms with van der Waals surface area (Å²) in [4.78, 5) is 36.1. The van der Waals surface area contributed by atoms with Crippen LogP contribution >= 0.6 is 0 Å². The second kappa shape index (κ2) is 5.86. The Morgan fingerprint density at radius 1 is 1.43 bits per heavy atom. The molecule has 1 aromatic carbocycles. The number of non-ortho nitro benzene ring substituents is 1. The molecule has 0 unspecified atom stereocenters. The number of oxazole rings is 1. The molecule has 1 heterocycles. The number of fused-ring (bicyclic) bond motifs is 1. The standard InChI is InChI=1S/C15H19N3O5/c1-5-15(2,3)16(4)13(19)9-17-11-7-6-10(18(21)22)8-12(11)23-14(17)20/h6-8H,5,9H2,1-4H3. The summed E-state index contributed by atoms with van der Waals surface area (Å²) in [6.07, 6.45) is 0.766. The summed E-state index contributed by atoms with van der Waals surface area (Å²) >= 11 is 0. The maximum atomic E-state index is 12.4. The summed E-state index contributed by atoms with van der Waals surface area (Å²) in [5.41, 5.74) is -0.0565. The molecule has 0 bridgehead atoms. The third-order valence-corrected chi connectivity index (χ3v) is 4.30. The molecule has 124 valence electrons. The Balaban J connectivity index is 2.37. The summed E-state index contributed by atoms with van der Waals surface area (Å²) < 4.78 is 6.20. The van der Waals surface area contributed by atoms with Gasteiger partial charge in [0.05, 0.1) is 16.5 Å². The first-order valence-electron chi connectivity index (χ1n) is 7.22. The van der Waals surface area contributed by atoms with Gasteiger partial charge in [0.2, 0.25) is 5.91 Å². The van der Waals surface area contributed by atoms with Gasteiger partial charge in [0, 0.05) is 18.7 Å². The average Bonchev–Trinajstić information content (AvgIpc) is 2.81. The van der Waals surface area contributed by atoms with Crippen molar-refractivity contribution in [3.63, 3.8) is 0 Å². The monoisotopic (exact) mass is 321 g/mol. The topological polar surface area (TPSA) is 98.6 Å². The number of likely N-dealkylation sites (N-methyl/N-ethyl adjacent to an activating group) is 1. The Morgan fingerprint density at radius 3 is 2.65 bits per heavy atom. The molecule has 0 saturated heterocycles. The van der Waals surface area contributed by atoms with Gasteiger partial charge in [0.1, 0.15) is 6.54 Å². The average molecular weight is 321 g/mol. The number of rotatable bonds is 5. The molecule has 1 amide bonds. The molecule has 0 N–H and O–H groups in total. The molecule has 8 nitrogen and oxygen atoms in total. The number of nitro benzene ring substituents is 1. The fourth-order valence-electron chi connectivity index (χ4n) is 2.13. The van der Waals surface area contributed by atoms with Crippen molar-refractivity contribution < 1.29 is 14.1 Å². The van der Waals surface area contributed by atoms with Crippen LogP contribution in [0.5, 0.6) is 0 Å². The Labute approximate surface area is 132 Å². The molecule has 0 saturated carbocycles. The lowest BCUT2D eigenvalue weighted by Crippen LogP contribution is -2.46. The number of amides is 1. The van der Waals surface area contributed by atoms with Gasteiger partial charge in [-0.05, 0) is 26.3 Å². The zero-order chi connectivity index (χ0) is 17.4. The zero-order valence-electron chi connectivity index (χ0n) is 13.5. The molecule has 0 atom stereocenters. The normalized spacial score (nSPS) is 11.7. The third kappa shape index (κ3) is 3.10. The number of aromatic nitrogens is 1. The highest BCUT2D eigenvalue weighted by molar-refractivity contribution is 5.81. The van der Waals surface area contributed by atoms with E-state index in [1.807, 2.05) is 20.8 Å². The molecular weight excluding hydrogens is 302 g/mol. The molecule has 2 aromatic rings. The first-order chi connectivity index (χ1) is 10.7. The van der Waals surface area contributed by atoms with Crippen LogP contribution in [0.15, 0.2) is 27.4 Å². The van der Waals surface area contributed by atoms with Gasteiger partial charge >= 0.3 is 5.76 Å². The third-order valence-electron chi connectivity index (χ3n) is 4.30. The van der Waals surface area contributed by atoms with Crippen LogP contribution in [-0.2, 0) is 11.3 Å². The van der Waals surface area contributed by atoms with E-state index in [1.165, 1.54) is 22.8 Å². The van der Waals surface area contributed by atoms with Crippen LogP contribution in [0.25, 0.3) is 11.1 Å². The van der Waals surface area contributed by atoms with E-state index in [1.54, 1.807) is 11.9 Å². The van der Waals surface area contributed by atoms with Gasteiger partial charge in [0.15, 0.2) is 5.58 Å². The molecule has 0 spiro atoms. The maximum Gasteiger partial charge on any atom is 0.420 e. The molecule has 0 aliphatic carbocycles. The highest BCUT2D eigenvalue weighted by Gasteiger charge is 2.26. The van der Waals surface area contributed by atoms with Gasteiger partial charge in [-0.3, -0.25) is 19.5 Å². The molecular formula is C15H19N3O5. The minimum atomic E-state index is -0.712. The Morgan fingerprint density at radius 2 is 2.09 bits per heavy atom. The van der Waals surface area contributed by atoms with E-state index in [9.17, 15) is 19.7 Å². The van der Waals surface area contributed by atoms with Gasteiger partial charge in [-0.2, -0.15) is 0 Å². The number of benzene rings is 1. The SMILES string of the molecule is CCC(C)(C)N(C)C(=O)Cn1c(=O)oc2cc([N+](=O)[O-])ccc21. The van der Waals surface area contributed by atoms with E-state index in [2.05, 4.69) is 0 Å². The molecule has 0 radical (unpaired) electrons. The first kappa shape index (κ1) is 16.7. The van der Waals surface area contributed by atoms with Crippen molar-refractivity contribution in [3.8, 4) is 0 Å². The van der Waals surface area contributed by atoms with Gasteiger partial charge in [-0.15, -0.1) is 0 Å². The lowest BCUT2D eigenvalue weighted by molar-refractivity contribution is -0.384. The van der Waals surface area contributed by atoms with Crippen molar-refractivity contribution in [2.45, 2.75) is 39.3 Å². The molecule has 0 aliphatic rings. The summed E-state index contributed by atoms with van der Waals surface area (Å²) in [7, 11) is 1.68. The summed E-state index contributed by atoms with van der Waals surface area (Å²) in [5.74, 6) is -0.948. The van der Waals surface area contributed by atoms with E-state index >= 15 is 0 Å². The lowest BCUT2D eigenvalue weighted by Gasteiger charge is -2.34. The van der Waals surface area contributed by atoms with Gasteiger partial charge < -0.3 is 9.32 Å².